The van der Waals surface area contributed by atoms with Crippen molar-refractivity contribution >= 4 is 29.9 Å². The Morgan fingerprint density at radius 3 is 2.69 bits per heavy atom. The SMILES string of the molecule is CN(CCOC/C=C/c1cnc2c(c1)[C@@]1(Cc3ccc(C(=O)O)cc3C1)C(=O)N2)C(=O)OC(C)(C)C. The minimum absolute atomic E-state index is 0.114. The van der Waals surface area contributed by atoms with E-state index in [2.05, 4.69) is 10.3 Å². The summed E-state index contributed by atoms with van der Waals surface area (Å²) in [5.41, 5.74) is 2.41. The summed E-state index contributed by atoms with van der Waals surface area (Å²) < 4.78 is 10.9. The first-order chi connectivity index (χ1) is 17.0. The standard InChI is InChI=1S/C27H31N3O6/c1-26(2,3)36-25(34)30(4)9-11-35-10-5-6-17-12-21-22(28-16-17)29-24(33)27(21)14-19-8-7-18(23(31)32)13-20(19)15-27/h5-8,12-13,16H,9-11,14-15H2,1-4H3,(H,31,32)(H,28,29,33)/b6-5+/t27-/m0/s1. The molecule has 1 spiro atoms. The molecule has 0 bridgehead atoms. The van der Waals surface area contributed by atoms with E-state index in [1.165, 1.54) is 4.90 Å². The van der Waals surface area contributed by atoms with Crippen molar-refractivity contribution in [2.45, 2.75) is 44.6 Å². The molecule has 9 nitrogen and oxygen atoms in total. The minimum atomic E-state index is -0.984. The highest BCUT2D eigenvalue weighted by Crippen LogP contribution is 2.47. The van der Waals surface area contributed by atoms with Crippen LogP contribution in [-0.4, -0.2) is 65.4 Å². The maximum absolute atomic E-state index is 13.0. The van der Waals surface area contributed by atoms with Gasteiger partial charge in [-0.2, -0.15) is 0 Å². The van der Waals surface area contributed by atoms with E-state index in [0.717, 1.165) is 22.3 Å². The number of carbonyl (C=O) groups is 3. The summed E-state index contributed by atoms with van der Waals surface area (Å²) in [5, 5.41) is 12.2. The third kappa shape index (κ3) is 5.26. The summed E-state index contributed by atoms with van der Waals surface area (Å²) in [6.07, 6.45) is 5.98. The predicted octanol–water partition coefficient (Wildman–Crippen LogP) is 3.67. The smallest absolute Gasteiger partial charge is 0.410 e. The number of pyridine rings is 1. The number of carboxylic acid groups (broad SMARTS) is 1. The molecule has 0 fully saturated rings. The minimum Gasteiger partial charge on any atom is -0.478 e. The molecule has 190 valence electrons. The lowest BCUT2D eigenvalue weighted by Crippen LogP contribution is -2.36. The molecule has 0 radical (unpaired) electrons. The molecule has 2 aliphatic rings. The summed E-state index contributed by atoms with van der Waals surface area (Å²) in [6, 6.07) is 6.99. The van der Waals surface area contributed by atoms with E-state index in [4.69, 9.17) is 9.47 Å². The number of fused-ring (bicyclic) bond motifs is 3. The number of amides is 2. The van der Waals surface area contributed by atoms with Crippen molar-refractivity contribution in [2.75, 3.05) is 32.1 Å². The molecule has 1 aromatic carbocycles. The first kappa shape index (κ1) is 25.4. The molecule has 0 unspecified atom stereocenters. The number of rotatable bonds is 7. The Bertz CT molecular complexity index is 1230. The van der Waals surface area contributed by atoms with E-state index in [1.807, 2.05) is 39.0 Å². The highest BCUT2D eigenvalue weighted by molar-refractivity contribution is 6.06. The second-order valence-electron chi connectivity index (χ2n) is 10.2. The molecular formula is C27H31N3O6. The fourth-order valence-electron chi connectivity index (χ4n) is 4.51. The third-order valence-corrected chi connectivity index (χ3v) is 6.33. The Balaban J connectivity index is 1.37. The van der Waals surface area contributed by atoms with Crippen molar-refractivity contribution in [2.24, 2.45) is 0 Å². The average molecular weight is 494 g/mol. The van der Waals surface area contributed by atoms with E-state index < -0.39 is 23.1 Å². The quantitative estimate of drug-likeness (QED) is 0.565. The second kappa shape index (κ2) is 9.73. The van der Waals surface area contributed by atoms with E-state index in [0.29, 0.717) is 38.4 Å². The van der Waals surface area contributed by atoms with Crippen LogP contribution in [0.5, 0.6) is 0 Å². The molecule has 1 aliphatic heterocycles. The van der Waals surface area contributed by atoms with Crippen LogP contribution in [0.15, 0.2) is 36.5 Å². The van der Waals surface area contributed by atoms with Gasteiger partial charge in [-0.3, -0.25) is 4.79 Å². The zero-order valence-corrected chi connectivity index (χ0v) is 21.0. The number of carbonyl (C=O) groups excluding carboxylic acids is 2. The molecule has 1 aliphatic carbocycles. The van der Waals surface area contributed by atoms with Crippen LogP contribution in [0.2, 0.25) is 0 Å². The van der Waals surface area contributed by atoms with Gasteiger partial charge >= 0.3 is 12.1 Å². The maximum atomic E-state index is 13.0. The first-order valence-corrected chi connectivity index (χ1v) is 11.8. The first-order valence-electron chi connectivity index (χ1n) is 11.8. The zero-order chi connectivity index (χ0) is 26.1. The zero-order valence-electron chi connectivity index (χ0n) is 21.0. The Hall–Kier alpha value is -3.72. The van der Waals surface area contributed by atoms with Crippen LogP contribution in [-0.2, 0) is 32.5 Å². The number of hydrogen-bond acceptors (Lipinski definition) is 6. The average Bonchev–Trinajstić information content (AvgIpc) is 3.32. The number of benzene rings is 1. The van der Waals surface area contributed by atoms with Gasteiger partial charge in [0.1, 0.15) is 11.4 Å². The van der Waals surface area contributed by atoms with Gasteiger partial charge in [0, 0.05) is 25.4 Å². The third-order valence-electron chi connectivity index (χ3n) is 6.33. The predicted molar refractivity (Wildman–Crippen MR) is 134 cm³/mol. The van der Waals surface area contributed by atoms with Crippen LogP contribution in [0.1, 0.15) is 53.4 Å². The molecule has 0 saturated carbocycles. The van der Waals surface area contributed by atoms with Gasteiger partial charge in [0.2, 0.25) is 5.91 Å². The van der Waals surface area contributed by atoms with Crippen LogP contribution in [0, 0.1) is 0 Å². The number of hydrogen-bond donors (Lipinski definition) is 2. The van der Waals surface area contributed by atoms with Crippen molar-refractivity contribution in [3.63, 3.8) is 0 Å². The van der Waals surface area contributed by atoms with E-state index in [-0.39, 0.29) is 11.5 Å². The van der Waals surface area contributed by atoms with E-state index >= 15 is 0 Å². The van der Waals surface area contributed by atoms with Crippen LogP contribution in [0.3, 0.4) is 0 Å². The van der Waals surface area contributed by atoms with Gasteiger partial charge in [-0.1, -0.05) is 18.2 Å². The summed E-state index contributed by atoms with van der Waals surface area (Å²) in [4.78, 5) is 42.3. The number of carboxylic acids is 1. The van der Waals surface area contributed by atoms with Crippen molar-refractivity contribution in [1.82, 2.24) is 9.88 Å². The lowest BCUT2D eigenvalue weighted by molar-refractivity contribution is -0.120. The molecule has 4 rings (SSSR count). The largest absolute Gasteiger partial charge is 0.478 e. The Morgan fingerprint density at radius 2 is 1.97 bits per heavy atom. The lowest BCUT2D eigenvalue weighted by Gasteiger charge is -2.24. The monoisotopic (exact) mass is 493 g/mol. The Labute approximate surface area is 210 Å². The van der Waals surface area contributed by atoms with Gasteiger partial charge in [0.15, 0.2) is 0 Å². The van der Waals surface area contributed by atoms with Gasteiger partial charge in [0.05, 0.1) is 24.2 Å². The number of nitrogens with zero attached hydrogens (tertiary/aromatic N) is 2. The molecule has 2 amide bonds. The van der Waals surface area contributed by atoms with Crippen molar-refractivity contribution in [1.29, 1.82) is 0 Å². The fourth-order valence-corrected chi connectivity index (χ4v) is 4.51. The number of anilines is 1. The number of ether oxygens (including phenoxy) is 2. The van der Waals surface area contributed by atoms with Crippen LogP contribution in [0.4, 0.5) is 10.6 Å². The van der Waals surface area contributed by atoms with Gasteiger partial charge in [-0.15, -0.1) is 0 Å². The molecule has 2 aromatic rings. The van der Waals surface area contributed by atoms with Gasteiger partial charge in [-0.25, -0.2) is 14.6 Å². The normalized spacial score (nSPS) is 18.3. The van der Waals surface area contributed by atoms with Crippen molar-refractivity contribution in [3.8, 4) is 0 Å². The van der Waals surface area contributed by atoms with E-state index in [9.17, 15) is 19.5 Å². The summed E-state index contributed by atoms with van der Waals surface area (Å²) in [6.45, 7) is 6.59. The topological polar surface area (TPSA) is 118 Å². The second-order valence-corrected chi connectivity index (χ2v) is 10.2. The van der Waals surface area contributed by atoms with Crippen molar-refractivity contribution < 1.29 is 29.0 Å². The maximum Gasteiger partial charge on any atom is 0.410 e. The summed E-state index contributed by atoms with van der Waals surface area (Å²) in [7, 11) is 1.67. The highest BCUT2D eigenvalue weighted by atomic mass is 16.6. The molecule has 2 heterocycles. The number of likely N-dealkylation sites (N-methyl/N-ethyl adjacent to an activating group) is 1. The Kier molecular flexibility index (Phi) is 6.86. The van der Waals surface area contributed by atoms with Crippen molar-refractivity contribution in [3.05, 3.63) is 64.4 Å². The molecule has 0 saturated heterocycles. The number of aromatic nitrogens is 1. The van der Waals surface area contributed by atoms with Crippen LogP contribution < -0.4 is 5.32 Å². The lowest BCUT2D eigenvalue weighted by atomic mass is 9.79. The molecule has 1 aromatic heterocycles. The summed E-state index contributed by atoms with van der Waals surface area (Å²) >= 11 is 0. The highest BCUT2D eigenvalue weighted by Gasteiger charge is 2.51. The fraction of sp³-hybridized carbons (Fsp3) is 0.407. The molecule has 2 N–H and O–H groups in total. The van der Waals surface area contributed by atoms with Crippen LogP contribution in [0.25, 0.3) is 6.08 Å². The van der Waals surface area contributed by atoms with Gasteiger partial charge in [-0.05, 0) is 68.5 Å². The summed E-state index contributed by atoms with van der Waals surface area (Å²) in [5.74, 6) is -0.552. The van der Waals surface area contributed by atoms with Crippen LogP contribution >= 0.6 is 0 Å². The van der Waals surface area contributed by atoms with E-state index in [1.54, 1.807) is 31.4 Å². The Morgan fingerprint density at radius 1 is 1.22 bits per heavy atom. The molecule has 1 atom stereocenters. The van der Waals surface area contributed by atoms with Gasteiger partial charge in [0.25, 0.3) is 0 Å². The molecular weight excluding hydrogens is 462 g/mol. The molecule has 36 heavy (non-hydrogen) atoms. The molecule has 9 heteroatoms. The van der Waals surface area contributed by atoms with Gasteiger partial charge < -0.3 is 24.8 Å². The number of nitrogens with one attached hydrogen (secondary N) is 1. The number of aromatic carboxylic acids is 1.